The van der Waals surface area contributed by atoms with Crippen molar-refractivity contribution in [3.8, 4) is 5.75 Å². The van der Waals surface area contributed by atoms with Gasteiger partial charge in [0.2, 0.25) is 0 Å². The van der Waals surface area contributed by atoms with Gasteiger partial charge in [0.25, 0.3) is 5.91 Å². The summed E-state index contributed by atoms with van der Waals surface area (Å²) in [6.07, 6.45) is -8.97. The summed E-state index contributed by atoms with van der Waals surface area (Å²) in [4.78, 5) is 12.0. The summed E-state index contributed by atoms with van der Waals surface area (Å²) in [5.74, 6) is -0.607. The molecule has 0 spiro atoms. The van der Waals surface area contributed by atoms with E-state index in [2.05, 4.69) is 10.1 Å². The van der Waals surface area contributed by atoms with Gasteiger partial charge in [0.05, 0.1) is 5.56 Å². The van der Waals surface area contributed by atoms with Gasteiger partial charge in [0, 0.05) is 12.1 Å². The van der Waals surface area contributed by atoms with Crippen molar-refractivity contribution in [3.63, 3.8) is 0 Å². The lowest BCUT2D eigenvalue weighted by molar-refractivity contribution is -0.153. The molecular weight excluding hydrogens is 376 g/mol. The molecule has 146 valence electrons. The zero-order chi connectivity index (χ0) is 20.1. The Labute approximate surface area is 150 Å². The van der Waals surface area contributed by atoms with Gasteiger partial charge in [-0.25, -0.2) is 0 Å². The van der Waals surface area contributed by atoms with Crippen molar-refractivity contribution < 1.29 is 35.9 Å². The lowest BCUT2D eigenvalue weighted by Crippen LogP contribution is -2.26. The number of benzene rings is 2. The maximum absolute atomic E-state index is 12.9. The number of alkyl halides is 6. The van der Waals surface area contributed by atoms with Crippen LogP contribution in [-0.4, -0.2) is 25.2 Å². The van der Waals surface area contributed by atoms with Crippen LogP contribution in [-0.2, 0) is 12.6 Å². The number of hydrogen-bond donors (Lipinski definition) is 1. The molecular formula is C18H15F6NO2. The highest BCUT2D eigenvalue weighted by Crippen LogP contribution is 2.31. The summed E-state index contributed by atoms with van der Waals surface area (Å²) in [6, 6.07) is 10.0. The smallest absolute Gasteiger partial charge is 0.422 e. The second-order valence-electron chi connectivity index (χ2n) is 5.59. The molecule has 2 aromatic rings. The van der Waals surface area contributed by atoms with E-state index in [1.807, 2.05) is 0 Å². The molecule has 0 saturated carbocycles. The van der Waals surface area contributed by atoms with E-state index in [-0.39, 0.29) is 29.8 Å². The molecule has 9 heteroatoms. The molecule has 3 nitrogen and oxygen atoms in total. The summed E-state index contributed by atoms with van der Waals surface area (Å²) in [7, 11) is 0. The van der Waals surface area contributed by atoms with Gasteiger partial charge < -0.3 is 10.1 Å². The van der Waals surface area contributed by atoms with Crippen LogP contribution in [0.2, 0.25) is 0 Å². The van der Waals surface area contributed by atoms with Crippen molar-refractivity contribution in [2.45, 2.75) is 18.8 Å². The Hall–Kier alpha value is -2.71. The Morgan fingerprint density at radius 3 is 2.15 bits per heavy atom. The van der Waals surface area contributed by atoms with Gasteiger partial charge in [0.15, 0.2) is 6.61 Å². The van der Waals surface area contributed by atoms with Gasteiger partial charge in [-0.3, -0.25) is 4.79 Å². The lowest BCUT2D eigenvalue weighted by Gasteiger charge is -2.13. The number of hydrogen-bond acceptors (Lipinski definition) is 2. The molecule has 2 aromatic carbocycles. The van der Waals surface area contributed by atoms with Crippen molar-refractivity contribution in [1.82, 2.24) is 5.32 Å². The predicted octanol–water partition coefficient (Wildman–Crippen LogP) is 4.62. The van der Waals surface area contributed by atoms with E-state index in [1.165, 1.54) is 42.5 Å². The number of carbonyl (C=O) groups excluding carboxylic acids is 1. The van der Waals surface area contributed by atoms with Gasteiger partial charge in [0.1, 0.15) is 5.75 Å². The van der Waals surface area contributed by atoms with Crippen molar-refractivity contribution in [2.24, 2.45) is 0 Å². The molecule has 0 bridgehead atoms. The van der Waals surface area contributed by atoms with Gasteiger partial charge in [-0.1, -0.05) is 18.2 Å². The number of nitrogens with one attached hydrogen (secondary N) is 1. The topological polar surface area (TPSA) is 38.3 Å². The quantitative estimate of drug-likeness (QED) is 0.730. The fourth-order valence-electron chi connectivity index (χ4n) is 2.30. The zero-order valence-corrected chi connectivity index (χ0v) is 13.8. The van der Waals surface area contributed by atoms with E-state index in [9.17, 15) is 31.1 Å². The molecule has 0 heterocycles. The minimum absolute atomic E-state index is 0.0196. The molecule has 0 fully saturated rings. The summed E-state index contributed by atoms with van der Waals surface area (Å²) in [6.45, 7) is -1.48. The first-order chi connectivity index (χ1) is 12.6. The molecule has 27 heavy (non-hydrogen) atoms. The predicted molar refractivity (Wildman–Crippen MR) is 85.5 cm³/mol. The number of ether oxygens (including phenoxy) is 1. The van der Waals surface area contributed by atoms with Gasteiger partial charge in [-0.2, -0.15) is 26.3 Å². The first kappa shape index (κ1) is 20.6. The number of amides is 1. The van der Waals surface area contributed by atoms with E-state index in [0.29, 0.717) is 0 Å². The fourth-order valence-corrected chi connectivity index (χ4v) is 2.30. The SMILES string of the molecule is O=C(NCCc1ccccc1C(F)(F)F)c1ccc(OCC(F)(F)F)cc1. The Bertz CT molecular complexity index is 769. The van der Waals surface area contributed by atoms with Crippen molar-refractivity contribution >= 4 is 5.91 Å². The maximum atomic E-state index is 12.9. The molecule has 0 atom stereocenters. The Kier molecular flexibility index (Phi) is 6.35. The molecule has 0 unspecified atom stereocenters. The van der Waals surface area contributed by atoms with Crippen LogP contribution in [0.1, 0.15) is 21.5 Å². The molecule has 2 rings (SSSR count). The highest BCUT2D eigenvalue weighted by Gasteiger charge is 2.32. The molecule has 1 N–H and O–H groups in total. The molecule has 0 aliphatic heterocycles. The third kappa shape index (κ3) is 6.50. The average Bonchev–Trinajstić information content (AvgIpc) is 2.59. The van der Waals surface area contributed by atoms with Gasteiger partial charge >= 0.3 is 12.4 Å². The van der Waals surface area contributed by atoms with Crippen molar-refractivity contribution in [3.05, 3.63) is 65.2 Å². The Balaban J connectivity index is 1.90. The van der Waals surface area contributed by atoms with Crippen molar-refractivity contribution in [1.29, 1.82) is 0 Å². The highest BCUT2D eigenvalue weighted by molar-refractivity contribution is 5.94. The first-order valence-electron chi connectivity index (χ1n) is 7.79. The van der Waals surface area contributed by atoms with Crippen LogP contribution < -0.4 is 10.1 Å². The average molecular weight is 391 g/mol. The van der Waals surface area contributed by atoms with Crippen molar-refractivity contribution in [2.75, 3.05) is 13.2 Å². The first-order valence-corrected chi connectivity index (χ1v) is 7.79. The summed E-state index contributed by atoms with van der Waals surface area (Å²) >= 11 is 0. The van der Waals surface area contributed by atoms with Crippen LogP contribution in [0.25, 0.3) is 0 Å². The number of carbonyl (C=O) groups is 1. The van der Waals surface area contributed by atoms with E-state index in [0.717, 1.165) is 6.07 Å². The van der Waals surface area contributed by atoms with Gasteiger partial charge in [-0.05, 0) is 42.3 Å². The van der Waals surface area contributed by atoms with E-state index in [4.69, 9.17) is 0 Å². The molecule has 0 aliphatic carbocycles. The summed E-state index contributed by atoms with van der Waals surface area (Å²) < 4.78 is 79.4. The molecule has 1 amide bonds. The van der Waals surface area contributed by atoms with Crippen LogP contribution in [0.15, 0.2) is 48.5 Å². The van der Waals surface area contributed by atoms with E-state index in [1.54, 1.807) is 0 Å². The molecule has 0 saturated heterocycles. The maximum Gasteiger partial charge on any atom is 0.422 e. The molecule has 0 aromatic heterocycles. The van der Waals surface area contributed by atoms with Crippen LogP contribution in [0, 0.1) is 0 Å². The normalized spacial score (nSPS) is 11.9. The molecule has 0 aliphatic rings. The van der Waals surface area contributed by atoms with Gasteiger partial charge in [-0.15, -0.1) is 0 Å². The third-order valence-corrected chi connectivity index (χ3v) is 3.52. The summed E-state index contributed by atoms with van der Waals surface area (Å²) in [5.41, 5.74) is -0.551. The Morgan fingerprint density at radius 1 is 0.926 bits per heavy atom. The van der Waals surface area contributed by atoms with Crippen LogP contribution in [0.4, 0.5) is 26.3 Å². The second-order valence-corrected chi connectivity index (χ2v) is 5.59. The molecule has 0 radical (unpaired) electrons. The minimum Gasteiger partial charge on any atom is -0.484 e. The zero-order valence-electron chi connectivity index (χ0n) is 13.8. The second kappa shape index (κ2) is 8.32. The van der Waals surface area contributed by atoms with Crippen LogP contribution in [0.3, 0.4) is 0 Å². The highest BCUT2D eigenvalue weighted by atomic mass is 19.4. The lowest BCUT2D eigenvalue weighted by atomic mass is 10.0. The fraction of sp³-hybridized carbons (Fsp3) is 0.278. The van der Waals surface area contributed by atoms with E-state index < -0.39 is 30.4 Å². The van der Waals surface area contributed by atoms with Crippen LogP contribution >= 0.6 is 0 Å². The minimum atomic E-state index is -4.48. The monoisotopic (exact) mass is 391 g/mol. The number of rotatable bonds is 6. The van der Waals surface area contributed by atoms with E-state index >= 15 is 0 Å². The standard InChI is InChI=1S/C18H15F6NO2/c19-17(20,21)11-27-14-7-5-13(6-8-14)16(26)25-10-9-12-3-1-2-4-15(12)18(22,23)24/h1-8H,9-11H2,(H,25,26). The Morgan fingerprint density at radius 2 is 1.56 bits per heavy atom. The summed E-state index contributed by atoms with van der Waals surface area (Å²) in [5, 5.41) is 2.47. The number of halogens is 6. The third-order valence-electron chi connectivity index (χ3n) is 3.52. The van der Waals surface area contributed by atoms with Crippen LogP contribution in [0.5, 0.6) is 5.75 Å². The largest absolute Gasteiger partial charge is 0.484 e.